The lowest BCUT2D eigenvalue weighted by atomic mass is 10.2. The van der Waals surface area contributed by atoms with E-state index < -0.39 is 0 Å². The standard InChI is InChI=1S/C20H16Cl2N4O2/c1-28-13-6-8-16-12(11-13)5-7-17(24-16)19(27)26-10-9-23-20(26)25-18-14(21)3-2-4-15(18)22/h2-8,11H,9-10H2,1H3,(H,23,25). The van der Waals surface area contributed by atoms with E-state index >= 15 is 0 Å². The maximum atomic E-state index is 13.0. The van der Waals surface area contributed by atoms with Crippen molar-refractivity contribution < 1.29 is 9.53 Å². The summed E-state index contributed by atoms with van der Waals surface area (Å²) in [4.78, 5) is 23.4. The summed E-state index contributed by atoms with van der Waals surface area (Å²) in [5.41, 5.74) is 1.56. The monoisotopic (exact) mass is 414 g/mol. The summed E-state index contributed by atoms with van der Waals surface area (Å²) in [5, 5.41) is 4.88. The molecule has 0 spiro atoms. The molecular formula is C20H16Cl2N4O2. The molecule has 0 unspecified atom stereocenters. The number of carbonyl (C=O) groups excluding carboxylic acids is 1. The Bertz CT molecular complexity index is 1080. The highest BCUT2D eigenvalue weighted by molar-refractivity contribution is 6.40. The van der Waals surface area contributed by atoms with Gasteiger partial charge in [0.2, 0.25) is 5.96 Å². The lowest BCUT2D eigenvalue weighted by Crippen LogP contribution is -2.38. The molecule has 2 heterocycles. The molecule has 0 atom stereocenters. The van der Waals surface area contributed by atoms with Gasteiger partial charge in [-0.1, -0.05) is 35.3 Å². The van der Waals surface area contributed by atoms with Crippen LogP contribution in [-0.2, 0) is 0 Å². The fourth-order valence-electron chi connectivity index (χ4n) is 2.97. The number of guanidine groups is 1. The van der Waals surface area contributed by atoms with Crippen LogP contribution in [0.5, 0.6) is 5.75 Å². The van der Waals surface area contributed by atoms with Crippen LogP contribution >= 0.6 is 23.2 Å². The molecule has 1 aliphatic heterocycles. The number of benzene rings is 2. The first-order valence-electron chi connectivity index (χ1n) is 8.59. The molecule has 4 rings (SSSR count). The molecule has 1 aromatic heterocycles. The second kappa shape index (κ2) is 7.66. The average Bonchev–Trinajstić information content (AvgIpc) is 3.17. The fourth-order valence-corrected chi connectivity index (χ4v) is 3.46. The van der Waals surface area contributed by atoms with Gasteiger partial charge in [-0.25, -0.2) is 4.98 Å². The minimum absolute atomic E-state index is 0.246. The smallest absolute Gasteiger partial charge is 0.279 e. The van der Waals surface area contributed by atoms with Crippen LogP contribution < -0.4 is 10.1 Å². The number of hydrogen-bond acceptors (Lipinski definition) is 5. The van der Waals surface area contributed by atoms with E-state index in [-0.39, 0.29) is 5.91 Å². The summed E-state index contributed by atoms with van der Waals surface area (Å²) in [5.74, 6) is 0.893. The number of fused-ring (bicyclic) bond motifs is 1. The molecule has 0 fully saturated rings. The van der Waals surface area contributed by atoms with E-state index in [0.717, 1.165) is 11.1 Å². The van der Waals surface area contributed by atoms with Crippen LogP contribution in [0.2, 0.25) is 10.0 Å². The normalized spacial score (nSPS) is 13.5. The Balaban J connectivity index is 1.60. The van der Waals surface area contributed by atoms with Gasteiger partial charge in [0.1, 0.15) is 11.4 Å². The van der Waals surface area contributed by atoms with Crippen molar-refractivity contribution in [1.29, 1.82) is 0 Å². The molecule has 142 valence electrons. The number of rotatable bonds is 3. The molecular weight excluding hydrogens is 399 g/mol. The molecule has 0 aliphatic carbocycles. The first-order valence-corrected chi connectivity index (χ1v) is 9.34. The molecule has 6 nitrogen and oxygen atoms in total. The number of pyridine rings is 1. The van der Waals surface area contributed by atoms with E-state index in [4.69, 9.17) is 27.9 Å². The van der Waals surface area contributed by atoms with Crippen LogP contribution in [0.3, 0.4) is 0 Å². The number of ether oxygens (including phenoxy) is 1. The van der Waals surface area contributed by atoms with Gasteiger partial charge in [-0.05, 0) is 36.4 Å². The number of aromatic nitrogens is 1. The van der Waals surface area contributed by atoms with Crippen LogP contribution in [0.15, 0.2) is 53.5 Å². The third-order valence-electron chi connectivity index (χ3n) is 4.40. The highest BCUT2D eigenvalue weighted by Gasteiger charge is 2.27. The van der Waals surface area contributed by atoms with E-state index in [9.17, 15) is 4.79 Å². The molecule has 0 saturated carbocycles. The minimum atomic E-state index is -0.246. The number of anilines is 1. The fraction of sp³-hybridized carbons (Fsp3) is 0.150. The Morgan fingerprint density at radius 1 is 1.14 bits per heavy atom. The number of nitrogens with zero attached hydrogens (tertiary/aromatic N) is 3. The predicted octanol–water partition coefficient (Wildman–Crippen LogP) is 4.47. The Kier molecular flexibility index (Phi) is 5.07. The van der Waals surface area contributed by atoms with Gasteiger partial charge < -0.3 is 10.1 Å². The van der Waals surface area contributed by atoms with E-state index in [0.29, 0.717) is 46.0 Å². The van der Waals surface area contributed by atoms with Crippen molar-refractivity contribution in [2.45, 2.75) is 0 Å². The average molecular weight is 415 g/mol. The quantitative estimate of drug-likeness (QED) is 0.686. The highest BCUT2D eigenvalue weighted by atomic mass is 35.5. The minimum Gasteiger partial charge on any atom is -0.497 e. The summed E-state index contributed by atoms with van der Waals surface area (Å²) in [6, 6.07) is 14.3. The molecule has 1 amide bonds. The van der Waals surface area contributed by atoms with Gasteiger partial charge >= 0.3 is 0 Å². The molecule has 0 saturated heterocycles. The number of methoxy groups -OCH3 is 1. The van der Waals surface area contributed by atoms with E-state index in [2.05, 4.69) is 15.3 Å². The van der Waals surface area contributed by atoms with E-state index in [1.807, 2.05) is 24.3 Å². The molecule has 0 radical (unpaired) electrons. The van der Waals surface area contributed by atoms with Gasteiger partial charge in [-0.3, -0.25) is 14.7 Å². The Labute approximate surface area is 171 Å². The molecule has 28 heavy (non-hydrogen) atoms. The first kappa shape index (κ1) is 18.5. The number of para-hydroxylation sites is 1. The largest absolute Gasteiger partial charge is 0.497 e. The summed E-state index contributed by atoms with van der Waals surface area (Å²) >= 11 is 12.4. The van der Waals surface area contributed by atoms with Crippen LogP contribution in [0.1, 0.15) is 10.5 Å². The molecule has 3 aromatic rings. The number of aliphatic imine (C=N–C) groups is 1. The van der Waals surface area contributed by atoms with Gasteiger partial charge in [0.15, 0.2) is 0 Å². The zero-order valence-corrected chi connectivity index (χ0v) is 16.5. The second-order valence-electron chi connectivity index (χ2n) is 6.14. The third-order valence-corrected chi connectivity index (χ3v) is 5.03. The summed E-state index contributed by atoms with van der Waals surface area (Å²) in [7, 11) is 1.61. The van der Waals surface area contributed by atoms with Crippen molar-refractivity contribution in [3.8, 4) is 5.75 Å². The maximum absolute atomic E-state index is 13.0. The van der Waals surface area contributed by atoms with Crippen molar-refractivity contribution in [3.05, 3.63) is 64.3 Å². The van der Waals surface area contributed by atoms with Crippen molar-refractivity contribution in [2.75, 3.05) is 25.5 Å². The van der Waals surface area contributed by atoms with Crippen molar-refractivity contribution in [3.63, 3.8) is 0 Å². The Morgan fingerprint density at radius 3 is 2.68 bits per heavy atom. The van der Waals surface area contributed by atoms with Gasteiger partial charge in [0.25, 0.3) is 5.91 Å². The SMILES string of the molecule is COc1ccc2nc(C(=O)N3CCN=C3Nc3c(Cl)cccc3Cl)ccc2c1. The maximum Gasteiger partial charge on any atom is 0.279 e. The number of amides is 1. The van der Waals surface area contributed by atoms with E-state index in [1.165, 1.54) is 4.90 Å². The first-order chi connectivity index (χ1) is 13.6. The van der Waals surface area contributed by atoms with Crippen molar-refractivity contribution in [1.82, 2.24) is 9.88 Å². The summed E-state index contributed by atoms with van der Waals surface area (Å²) in [6.07, 6.45) is 0. The van der Waals surface area contributed by atoms with Gasteiger partial charge in [0.05, 0.1) is 34.9 Å². The Hall–Kier alpha value is -2.83. The van der Waals surface area contributed by atoms with Gasteiger partial charge in [-0.15, -0.1) is 0 Å². The number of halogens is 2. The van der Waals surface area contributed by atoms with Crippen LogP contribution in [-0.4, -0.2) is 41.9 Å². The zero-order chi connectivity index (χ0) is 19.7. The van der Waals surface area contributed by atoms with Gasteiger partial charge in [0, 0.05) is 11.9 Å². The second-order valence-corrected chi connectivity index (χ2v) is 6.95. The molecule has 1 aliphatic rings. The van der Waals surface area contributed by atoms with Crippen LogP contribution in [0, 0.1) is 0 Å². The summed E-state index contributed by atoms with van der Waals surface area (Å²) in [6.45, 7) is 0.937. The molecule has 2 aromatic carbocycles. The Morgan fingerprint density at radius 2 is 1.93 bits per heavy atom. The lowest BCUT2D eigenvalue weighted by molar-refractivity contribution is 0.0852. The molecule has 1 N–H and O–H groups in total. The molecule has 8 heteroatoms. The van der Waals surface area contributed by atoms with E-state index in [1.54, 1.807) is 31.4 Å². The third kappa shape index (κ3) is 3.48. The number of nitrogens with one attached hydrogen (secondary N) is 1. The predicted molar refractivity (Wildman–Crippen MR) is 112 cm³/mol. The summed E-state index contributed by atoms with van der Waals surface area (Å²) < 4.78 is 5.22. The topological polar surface area (TPSA) is 66.8 Å². The van der Waals surface area contributed by atoms with Crippen molar-refractivity contribution in [2.24, 2.45) is 4.99 Å². The van der Waals surface area contributed by atoms with Crippen LogP contribution in [0.4, 0.5) is 5.69 Å². The molecule has 0 bridgehead atoms. The lowest BCUT2D eigenvalue weighted by Gasteiger charge is -2.20. The number of hydrogen-bond donors (Lipinski definition) is 1. The van der Waals surface area contributed by atoms with Gasteiger partial charge in [-0.2, -0.15) is 0 Å². The highest BCUT2D eigenvalue weighted by Crippen LogP contribution is 2.30. The number of carbonyl (C=O) groups is 1. The van der Waals surface area contributed by atoms with Crippen LogP contribution in [0.25, 0.3) is 10.9 Å². The van der Waals surface area contributed by atoms with Crippen molar-refractivity contribution >= 4 is 51.7 Å². The zero-order valence-electron chi connectivity index (χ0n) is 14.9.